The third-order valence-corrected chi connectivity index (χ3v) is 4.78. The smallest absolute Gasteiger partial charge is 0.317 e. The van der Waals surface area contributed by atoms with Crippen LogP contribution in [0.25, 0.3) is 11.3 Å². The predicted molar refractivity (Wildman–Crippen MR) is 93.2 cm³/mol. The Bertz CT molecular complexity index is 730. The second-order valence-corrected chi connectivity index (χ2v) is 6.73. The molecular formula is C16H21N5O2S. The molecule has 0 spiro atoms. The molecule has 128 valence electrons. The summed E-state index contributed by atoms with van der Waals surface area (Å²) < 4.78 is 0. The molecule has 1 aliphatic heterocycles. The number of thiazole rings is 1. The molecule has 24 heavy (non-hydrogen) atoms. The minimum atomic E-state index is -0.0642. The van der Waals surface area contributed by atoms with Gasteiger partial charge in [0.05, 0.1) is 10.7 Å². The van der Waals surface area contributed by atoms with Crippen LogP contribution in [0.4, 0.5) is 4.79 Å². The van der Waals surface area contributed by atoms with Gasteiger partial charge >= 0.3 is 6.03 Å². The highest BCUT2D eigenvalue weighted by molar-refractivity contribution is 7.09. The third kappa shape index (κ3) is 3.43. The number of urea groups is 1. The van der Waals surface area contributed by atoms with E-state index in [0.717, 1.165) is 16.3 Å². The standard InChI is InChI=1S/C16H21N5O2S/c1-3-17-16(23)21-6-4-20(5-7-21)15(22)13-8-12(9-18-13)14-10-24-11(2)19-14/h8-10,18H,3-7H2,1-2H3,(H,17,23). The Hall–Kier alpha value is -2.35. The van der Waals surface area contributed by atoms with E-state index in [1.165, 1.54) is 0 Å². The zero-order chi connectivity index (χ0) is 17.1. The molecule has 0 aliphatic carbocycles. The Morgan fingerprint density at radius 2 is 2.00 bits per heavy atom. The Morgan fingerprint density at radius 3 is 2.62 bits per heavy atom. The van der Waals surface area contributed by atoms with Gasteiger partial charge in [-0.15, -0.1) is 11.3 Å². The van der Waals surface area contributed by atoms with Crippen molar-refractivity contribution >= 4 is 23.3 Å². The summed E-state index contributed by atoms with van der Waals surface area (Å²) in [6.45, 7) is 6.65. The van der Waals surface area contributed by atoms with E-state index < -0.39 is 0 Å². The summed E-state index contributed by atoms with van der Waals surface area (Å²) in [4.78, 5) is 35.4. The molecule has 1 saturated heterocycles. The topological polar surface area (TPSA) is 81.3 Å². The van der Waals surface area contributed by atoms with E-state index in [-0.39, 0.29) is 11.9 Å². The average Bonchev–Trinajstić information content (AvgIpc) is 3.23. The van der Waals surface area contributed by atoms with E-state index in [4.69, 9.17) is 0 Å². The number of carbonyl (C=O) groups excluding carboxylic acids is 2. The predicted octanol–water partition coefficient (Wildman–Crippen LogP) is 1.93. The number of nitrogens with one attached hydrogen (secondary N) is 2. The van der Waals surface area contributed by atoms with Gasteiger partial charge in [0.25, 0.3) is 5.91 Å². The molecule has 0 aromatic carbocycles. The average molecular weight is 347 g/mol. The van der Waals surface area contributed by atoms with Crippen molar-refractivity contribution in [2.75, 3.05) is 32.7 Å². The summed E-state index contributed by atoms with van der Waals surface area (Å²) >= 11 is 1.59. The minimum absolute atomic E-state index is 0.0382. The van der Waals surface area contributed by atoms with Crippen molar-refractivity contribution in [2.24, 2.45) is 0 Å². The number of aromatic amines is 1. The fraction of sp³-hybridized carbons (Fsp3) is 0.438. The number of piperazine rings is 1. The van der Waals surface area contributed by atoms with Gasteiger partial charge in [0, 0.05) is 49.9 Å². The number of hydrogen-bond donors (Lipinski definition) is 2. The molecule has 1 aliphatic rings. The quantitative estimate of drug-likeness (QED) is 0.890. The maximum atomic E-state index is 12.6. The van der Waals surface area contributed by atoms with Crippen LogP contribution in [0.2, 0.25) is 0 Å². The van der Waals surface area contributed by atoms with E-state index in [1.54, 1.807) is 21.1 Å². The van der Waals surface area contributed by atoms with Gasteiger partial charge in [-0.3, -0.25) is 4.79 Å². The molecule has 2 N–H and O–H groups in total. The highest BCUT2D eigenvalue weighted by atomic mass is 32.1. The van der Waals surface area contributed by atoms with Gasteiger partial charge in [0.15, 0.2) is 0 Å². The van der Waals surface area contributed by atoms with Crippen LogP contribution in [-0.2, 0) is 0 Å². The van der Waals surface area contributed by atoms with Gasteiger partial charge < -0.3 is 20.1 Å². The molecule has 0 radical (unpaired) electrons. The SMILES string of the molecule is CCNC(=O)N1CCN(C(=O)c2cc(-c3csc(C)n3)c[nH]2)CC1. The fourth-order valence-electron chi connectivity index (χ4n) is 2.71. The second-order valence-electron chi connectivity index (χ2n) is 5.67. The Balaban J connectivity index is 1.62. The van der Waals surface area contributed by atoms with Crippen LogP contribution < -0.4 is 5.32 Å². The summed E-state index contributed by atoms with van der Waals surface area (Å²) in [5.74, 6) is -0.0382. The van der Waals surface area contributed by atoms with E-state index in [0.29, 0.717) is 38.4 Å². The van der Waals surface area contributed by atoms with E-state index in [2.05, 4.69) is 15.3 Å². The van der Waals surface area contributed by atoms with Gasteiger partial charge in [-0.2, -0.15) is 0 Å². The Kier molecular flexibility index (Phi) is 4.84. The second kappa shape index (κ2) is 7.04. The van der Waals surface area contributed by atoms with Crippen molar-refractivity contribution in [1.29, 1.82) is 0 Å². The maximum absolute atomic E-state index is 12.6. The number of rotatable bonds is 3. The zero-order valence-corrected chi connectivity index (χ0v) is 14.7. The molecule has 0 saturated carbocycles. The molecule has 3 heterocycles. The van der Waals surface area contributed by atoms with E-state index in [1.807, 2.05) is 31.5 Å². The first kappa shape index (κ1) is 16.5. The lowest BCUT2D eigenvalue weighted by molar-refractivity contribution is 0.0660. The minimum Gasteiger partial charge on any atom is -0.357 e. The number of carbonyl (C=O) groups is 2. The van der Waals surface area contributed by atoms with Crippen LogP contribution in [0.3, 0.4) is 0 Å². The summed E-state index contributed by atoms with van der Waals surface area (Å²) in [7, 11) is 0. The van der Waals surface area contributed by atoms with E-state index >= 15 is 0 Å². The lowest BCUT2D eigenvalue weighted by Crippen LogP contribution is -2.53. The van der Waals surface area contributed by atoms with Crippen molar-refractivity contribution in [3.8, 4) is 11.3 Å². The molecule has 0 unspecified atom stereocenters. The number of aromatic nitrogens is 2. The summed E-state index contributed by atoms with van der Waals surface area (Å²) in [6, 6.07) is 1.78. The lowest BCUT2D eigenvalue weighted by Gasteiger charge is -2.34. The monoisotopic (exact) mass is 347 g/mol. The fourth-order valence-corrected chi connectivity index (χ4v) is 3.33. The molecule has 8 heteroatoms. The molecule has 2 aromatic rings. The lowest BCUT2D eigenvalue weighted by atomic mass is 10.2. The molecule has 7 nitrogen and oxygen atoms in total. The van der Waals surface area contributed by atoms with Gasteiger partial charge in [-0.05, 0) is 19.9 Å². The molecule has 0 bridgehead atoms. The zero-order valence-electron chi connectivity index (χ0n) is 13.8. The molecule has 0 atom stereocenters. The van der Waals surface area contributed by atoms with Crippen molar-refractivity contribution in [2.45, 2.75) is 13.8 Å². The van der Waals surface area contributed by atoms with Crippen molar-refractivity contribution in [3.05, 3.63) is 28.3 Å². The first-order chi connectivity index (χ1) is 11.6. The summed E-state index contributed by atoms with van der Waals surface area (Å²) in [6.07, 6.45) is 1.81. The van der Waals surface area contributed by atoms with Crippen LogP contribution >= 0.6 is 11.3 Å². The normalized spacial score (nSPS) is 14.8. The maximum Gasteiger partial charge on any atom is 0.317 e. The molecule has 3 rings (SSSR count). The first-order valence-electron chi connectivity index (χ1n) is 8.01. The van der Waals surface area contributed by atoms with Gasteiger partial charge in [-0.25, -0.2) is 9.78 Å². The highest BCUT2D eigenvalue weighted by Gasteiger charge is 2.25. The molecule has 2 aromatic heterocycles. The molecule has 1 fully saturated rings. The Morgan fingerprint density at radius 1 is 1.29 bits per heavy atom. The molecule has 3 amide bonds. The third-order valence-electron chi connectivity index (χ3n) is 4.01. The number of hydrogen-bond acceptors (Lipinski definition) is 4. The van der Waals surface area contributed by atoms with Crippen LogP contribution in [-0.4, -0.2) is 64.4 Å². The summed E-state index contributed by atoms with van der Waals surface area (Å²) in [5, 5.41) is 5.77. The number of amides is 3. The Labute approximate surface area is 144 Å². The van der Waals surface area contributed by atoms with Crippen LogP contribution in [0, 0.1) is 6.92 Å². The van der Waals surface area contributed by atoms with Gasteiger partial charge in [0.2, 0.25) is 0 Å². The van der Waals surface area contributed by atoms with Gasteiger partial charge in [-0.1, -0.05) is 0 Å². The molecular weight excluding hydrogens is 326 g/mol. The van der Waals surface area contributed by atoms with Crippen molar-refractivity contribution in [1.82, 2.24) is 25.1 Å². The first-order valence-corrected chi connectivity index (χ1v) is 8.89. The number of nitrogens with zero attached hydrogens (tertiary/aromatic N) is 3. The van der Waals surface area contributed by atoms with Crippen molar-refractivity contribution in [3.63, 3.8) is 0 Å². The van der Waals surface area contributed by atoms with Crippen LogP contribution in [0.15, 0.2) is 17.6 Å². The number of H-pyrrole nitrogens is 1. The number of aryl methyl sites for hydroxylation is 1. The van der Waals surface area contributed by atoms with Crippen LogP contribution in [0.5, 0.6) is 0 Å². The van der Waals surface area contributed by atoms with Gasteiger partial charge in [0.1, 0.15) is 5.69 Å². The van der Waals surface area contributed by atoms with Crippen LogP contribution in [0.1, 0.15) is 22.4 Å². The largest absolute Gasteiger partial charge is 0.357 e. The summed E-state index contributed by atoms with van der Waals surface area (Å²) in [5.41, 5.74) is 2.36. The highest BCUT2D eigenvalue weighted by Crippen LogP contribution is 2.23. The van der Waals surface area contributed by atoms with E-state index in [9.17, 15) is 9.59 Å². The van der Waals surface area contributed by atoms with Crippen molar-refractivity contribution < 1.29 is 9.59 Å².